The number of fused-ring (bicyclic) bond motifs is 1. The van der Waals surface area contributed by atoms with E-state index < -0.39 is 23.2 Å². The number of carbonyl (C=O) groups excluding carboxylic acids is 3. The fraction of sp³-hybridized carbons (Fsp3) is 0.160. The van der Waals surface area contributed by atoms with Gasteiger partial charge in [-0.15, -0.1) is 0 Å². The van der Waals surface area contributed by atoms with Gasteiger partial charge < -0.3 is 9.47 Å². The van der Waals surface area contributed by atoms with E-state index in [2.05, 4.69) is 0 Å². The van der Waals surface area contributed by atoms with Gasteiger partial charge in [-0.05, 0) is 47.7 Å². The number of rotatable bonds is 6. The third-order valence-electron chi connectivity index (χ3n) is 5.30. The van der Waals surface area contributed by atoms with E-state index in [-0.39, 0.29) is 11.5 Å². The number of carbonyl (C=O) groups is 3. The summed E-state index contributed by atoms with van der Waals surface area (Å²) in [5.41, 5.74) is 1.49. The molecule has 1 aliphatic heterocycles. The molecule has 0 aromatic heterocycles. The van der Waals surface area contributed by atoms with E-state index in [1.54, 1.807) is 12.1 Å². The van der Waals surface area contributed by atoms with E-state index in [0.29, 0.717) is 16.3 Å². The Morgan fingerprint density at radius 2 is 1.82 bits per heavy atom. The minimum Gasteiger partial charge on any atom is -0.488 e. The molecule has 0 aliphatic carbocycles. The summed E-state index contributed by atoms with van der Waals surface area (Å²) in [4.78, 5) is 38.5. The predicted molar refractivity (Wildman–Crippen MR) is 129 cm³/mol. The Labute approximate surface area is 200 Å². The van der Waals surface area contributed by atoms with Gasteiger partial charge in [0.2, 0.25) is 0 Å². The summed E-state index contributed by atoms with van der Waals surface area (Å²) < 4.78 is 10.8. The first kappa shape index (κ1) is 22.9. The SMILES string of the molecule is COC(=O)[C@@H](C)N1C(=O)S/C(=C/c2c(OCc3ccccc3Cl)ccc3ccccc23)C1=O. The molecule has 1 heterocycles. The van der Waals surface area contributed by atoms with Crippen molar-refractivity contribution in [3.63, 3.8) is 0 Å². The molecule has 8 heteroatoms. The first-order valence-electron chi connectivity index (χ1n) is 10.1. The van der Waals surface area contributed by atoms with Crippen LogP contribution in [0.1, 0.15) is 18.1 Å². The molecule has 3 aromatic rings. The van der Waals surface area contributed by atoms with Gasteiger partial charge in [-0.2, -0.15) is 0 Å². The average Bonchev–Trinajstić information content (AvgIpc) is 3.10. The molecule has 1 fully saturated rings. The van der Waals surface area contributed by atoms with Crippen LogP contribution >= 0.6 is 23.4 Å². The van der Waals surface area contributed by atoms with Crippen molar-refractivity contribution < 1.29 is 23.9 Å². The van der Waals surface area contributed by atoms with Crippen LogP contribution in [-0.4, -0.2) is 35.2 Å². The Bertz CT molecular complexity index is 1290. The Hall–Kier alpha value is -3.29. The van der Waals surface area contributed by atoms with Crippen LogP contribution in [0.25, 0.3) is 16.8 Å². The number of hydrogen-bond acceptors (Lipinski definition) is 6. The van der Waals surface area contributed by atoms with Crippen molar-refractivity contribution in [2.24, 2.45) is 0 Å². The van der Waals surface area contributed by atoms with Gasteiger partial charge in [-0.3, -0.25) is 14.5 Å². The number of amides is 2. The molecule has 0 unspecified atom stereocenters. The third kappa shape index (κ3) is 4.60. The van der Waals surface area contributed by atoms with E-state index in [0.717, 1.165) is 33.0 Å². The molecule has 168 valence electrons. The standard InChI is InChI=1S/C25H20ClNO5S/c1-15(24(29)31-2)27-23(28)22(33-25(27)30)13-19-18-9-5-3-7-16(18)11-12-21(19)32-14-17-8-4-6-10-20(17)26/h3-13,15H,14H2,1-2H3/b22-13+/t15-/m1/s1. The van der Waals surface area contributed by atoms with Crippen LogP contribution in [0.3, 0.4) is 0 Å². The molecule has 0 saturated carbocycles. The van der Waals surface area contributed by atoms with Gasteiger partial charge in [0, 0.05) is 16.1 Å². The van der Waals surface area contributed by atoms with E-state index in [9.17, 15) is 14.4 Å². The highest BCUT2D eigenvalue weighted by molar-refractivity contribution is 8.18. The minimum absolute atomic E-state index is 0.203. The lowest BCUT2D eigenvalue weighted by Gasteiger charge is -2.18. The van der Waals surface area contributed by atoms with Crippen LogP contribution in [0.4, 0.5) is 4.79 Å². The highest BCUT2D eigenvalue weighted by Crippen LogP contribution is 2.38. The number of nitrogens with zero attached hydrogens (tertiary/aromatic N) is 1. The topological polar surface area (TPSA) is 72.9 Å². The zero-order chi connectivity index (χ0) is 23.5. The molecule has 0 radical (unpaired) electrons. The largest absolute Gasteiger partial charge is 0.488 e. The number of esters is 1. The summed E-state index contributed by atoms with van der Waals surface area (Å²) in [6.45, 7) is 1.70. The number of thioether (sulfide) groups is 1. The second-order valence-electron chi connectivity index (χ2n) is 7.33. The van der Waals surface area contributed by atoms with E-state index in [1.165, 1.54) is 14.0 Å². The van der Waals surface area contributed by atoms with Crippen LogP contribution in [0, 0.1) is 0 Å². The Morgan fingerprint density at radius 1 is 1.09 bits per heavy atom. The van der Waals surface area contributed by atoms with Gasteiger partial charge in [0.25, 0.3) is 11.1 Å². The normalized spacial score (nSPS) is 15.8. The minimum atomic E-state index is -1.02. The lowest BCUT2D eigenvalue weighted by atomic mass is 10.0. The monoisotopic (exact) mass is 481 g/mol. The van der Waals surface area contributed by atoms with Crippen LogP contribution in [0.2, 0.25) is 5.02 Å². The number of hydrogen-bond donors (Lipinski definition) is 0. The first-order valence-corrected chi connectivity index (χ1v) is 11.3. The highest BCUT2D eigenvalue weighted by Gasteiger charge is 2.41. The van der Waals surface area contributed by atoms with E-state index in [1.807, 2.05) is 54.6 Å². The quantitative estimate of drug-likeness (QED) is 0.333. The number of imide groups is 1. The fourth-order valence-corrected chi connectivity index (χ4v) is 4.62. The molecule has 1 atom stereocenters. The number of ether oxygens (including phenoxy) is 2. The molecule has 33 heavy (non-hydrogen) atoms. The van der Waals surface area contributed by atoms with Gasteiger partial charge in [0.15, 0.2) is 0 Å². The Kier molecular flexibility index (Phi) is 6.72. The van der Waals surface area contributed by atoms with Crippen molar-refractivity contribution in [3.05, 3.63) is 81.7 Å². The molecule has 2 amide bonds. The van der Waals surface area contributed by atoms with Crippen LogP contribution < -0.4 is 4.74 Å². The second kappa shape index (κ2) is 9.68. The summed E-state index contributed by atoms with van der Waals surface area (Å²) in [5.74, 6) is -0.665. The number of halogens is 1. The molecule has 0 spiro atoms. The summed E-state index contributed by atoms with van der Waals surface area (Å²) in [5, 5.41) is 1.89. The number of methoxy groups -OCH3 is 1. The van der Waals surface area contributed by atoms with Crippen molar-refractivity contribution >= 4 is 57.3 Å². The van der Waals surface area contributed by atoms with Gasteiger partial charge in [0.1, 0.15) is 18.4 Å². The first-order chi connectivity index (χ1) is 15.9. The second-order valence-corrected chi connectivity index (χ2v) is 8.73. The molecule has 4 rings (SSSR count). The lowest BCUT2D eigenvalue weighted by Crippen LogP contribution is -2.42. The molecule has 6 nitrogen and oxygen atoms in total. The molecular weight excluding hydrogens is 462 g/mol. The Morgan fingerprint density at radius 3 is 2.58 bits per heavy atom. The maximum atomic E-state index is 13.0. The molecule has 3 aromatic carbocycles. The molecular formula is C25H20ClNO5S. The average molecular weight is 482 g/mol. The van der Waals surface area contributed by atoms with E-state index >= 15 is 0 Å². The number of benzene rings is 3. The van der Waals surface area contributed by atoms with E-state index in [4.69, 9.17) is 21.1 Å². The maximum Gasteiger partial charge on any atom is 0.328 e. The smallest absolute Gasteiger partial charge is 0.328 e. The van der Waals surface area contributed by atoms with Crippen LogP contribution in [0.15, 0.2) is 65.6 Å². The highest BCUT2D eigenvalue weighted by atomic mass is 35.5. The maximum absolute atomic E-state index is 13.0. The van der Waals surface area contributed by atoms with Crippen molar-refractivity contribution in [2.75, 3.05) is 7.11 Å². The van der Waals surface area contributed by atoms with Gasteiger partial charge in [-0.1, -0.05) is 60.1 Å². The van der Waals surface area contributed by atoms with Gasteiger partial charge >= 0.3 is 5.97 Å². The van der Waals surface area contributed by atoms with Crippen molar-refractivity contribution in [3.8, 4) is 5.75 Å². The Balaban J connectivity index is 1.73. The molecule has 0 N–H and O–H groups in total. The zero-order valence-electron chi connectivity index (χ0n) is 17.9. The molecule has 1 saturated heterocycles. The lowest BCUT2D eigenvalue weighted by molar-refractivity contribution is -0.148. The van der Waals surface area contributed by atoms with Crippen molar-refractivity contribution in [2.45, 2.75) is 19.6 Å². The van der Waals surface area contributed by atoms with Crippen molar-refractivity contribution in [1.82, 2.24) is 4.90 Å². The van der Waals surface area contributed by atoms with Crippen molar-refractivity contribution in [1.29, 1.82) is 0 Å². The third-order valence-corrected chi connectivity index (χ3v) is 6.55. The van der Waals surface area contributed by atoms with Gasteiger partial charge in [0.05, 0.1) is 12.0 Å². The molecule has 0 bridgehead atoms. The molecule has 1 aliphatic rings. The van der Waals surface area contributed by atoms with Gasteiger partial charge in [-0.25, -0.2) is 4.79 Å². The summed E-state index contributed by atoms with van der Waals surface area (Å²) >= 11 is 7.04. The van der Waals surface area contributed by atoms with Crippen LogP contribution in [0.5, 0.6) is 5.75 Å². The summed E-state index contributed by atoms with van der Waals surface area (Å²) in [7, 11) is 1.21. The fourth-order valence-electron chi connectivity index (χ4n) is 3.54. The zero-order valence-corrected chi connectivity index (χ0v) is 19.5. The summed E-state index contributed by atoms with van der Waals surface area (Å²) in [6.07, 6.45) is 1.64. The van der Waals surface area contributed by atoms with Crippen LogP contribution in [-0.2, 0) is 20.9 Å². The summed E-state index contributed by atoms with van der Waals surface area (Å²) in [6, 6.07) is 17.8. The predicted octanol–water partition coefficient (Wildman–Crippen LogP) is 5.67.